The number of hydrogen-bond acceptors (Lipinski definition) is 4. The molecule has 0 saturated carbocycles. The number of carbonyl (C=O) groups is 1. The summed E-state index contributed by atoms with van der Waals surface area (Å²) < 4.78 is 25.2. The lowest BCUT2D eigenvalue weighted by molar-refractivity contribution is -0.134. The van der Waals surface area contributed by atoms with Crippen molar-refractivity contribution in [2.45, 2.75) is 25.7 Å². The van der Waals surface area contributed by atoms with Crippen molar-refractivity contribution in [3.8, 4) is 0 Å². The van der Waals surface area contributed by atoms with Crippen LogP contribution in [0.3, 0.4) is 0 Å². The predicted octanol–water partition coefficient (Wildman–Crippen LogP) is 0.605. The fourth-order valence-electron chi connectivity index (χ4n) is 3.24. The number of hydrogen-bond donors (Lipinski definition) is 0. The molecular weight excluding hydrogens is 302 g/mol. The molecule has 1 fully saturated rings. The van der Waals surface area contributed by atoms with Gasteiger partial charge in [0.15, 0.2) is 0 Å². The molecule has 1 amide bonds. The van der Waals surface area contributed by atoms with Crippen molar-refractivity contribution in [2.75, 3.05) is 31.9 Å². The molecule has 120 valence electrons. The number of rotatable bonds is 3. The standard InChI is InChI=1S/C15H21N3O3S/c1-2-22(20,21)18-10-8-17(9-11-18)15(19)13-6-5-12-4-3-7-16-14(12)13/h3-4,7,13H,2,5-6,8-11H2,1H3. The Morgan fingerprint density at radius 2 is 2.05 bits per heavy atom. The van der Waals surface area contributed by atoms with E-state index in [1.807, 2.05) is 12.1 Å². The molecule has 1 aromatic rings. The van der Waals surface area contributed by atoms with Crippen LogP contribution >= 0.6 is 0 Å². The van der Waals surface area contributed by atoms with Gasteiger partial charge in [0.25, 0.3) is 0 Å². The van der Waals surface area contributed by atoms with E-state index in [2.05, 4.69) is 4.98 Å². The summed E-state index contributed by atoms with van der Waals surface area (Å²) in [6.07, 6.45) is 3.43. The topological polar surface area (TPSA) is 70.6 Å². The van der Waals surface area contributed by atoms with Crippen LogP contribution in [0.25, 0.3) is 0 Å². The summed E-state index contributed by atoms with van der Waals surface area (Å²) in [6.45, 7) is 3.37. The highest BCUT2D eigenvalue weighted by Gasteiger charge is 2.35. The van der Waals surface area contributed by atoms with Crippen molar-refractivity contribution in [3.63, 3.8) is 0 Å². The quantitative estimate of drug-likeness (QED) is 0.817. The molecule has 0 spiro atoms. The Morgan fingerprint density at radius 3 is 2.73 bits per heavy atom. The number of sulfonamides is 1. The van der Waals surface area contributed by atoms with Gasteiger partial charge in [0.05, 0.1) is 17.4 Å². The molecule has 1 aliphatic heterocycles. The average Bonchev–Trinajstić information content (AvgIpc) is 2.98. The number of pyridine rings is 1. The first-order valence-corrected chi connectivity index (χ1v) is 9.34. The largest absolute Gasteiger partial charge is 0.339 e. The molecule has 1 saturated heterocycles. The predicted molar refractivity (Wildman–Crippen MR) is 82.9 cm³/mol. The molecule has 0 bridgehead atoms. The molecular formula is C15H21N3O3S. The fraction of sp³-hybridized carbons (Fsp3) is 0.600. The molecule has 1 unspecified atom stereocenters. The molecule has 22 heavy (non-hydrogen) atoms. The Kier molecular flexibility index (Phi) is 4.18. The Morgan fingerprint density at radius 1 is 1.32 bits per heavy atom. The number of fused-ring (bicyclic) bond motifs is 1. The van der Waals surface area contributed by atoms with E-state index in [-0.39, 0.29) is 17.6 Å². The second-order valence-corrected chi connectivity index (χ2v) is 8.02. The van der Waals surface area contributed by atoms with E-state index in [9.17, 15) is 13.2 Å². The SMILES string of the molecule is CCS(=O)(=O)N1CCN(C(=O)C2CCc3cccnc32)CC1. The van der Waals surface area contributed by atoms with Gasteiger partial charge in [-0.25, -0.2) is 8.42 Å². The fourth-order valence-corrected chi connectivity index (χ4v) is 4.33. The highest BCUT2D eigenvalue weighted by molar-refractivity contribution is 7.89. The number of aryl methyl sites for hydroxylation is 1. The van der Waals surface area contributed by atoms with E-state index in [4.69, 9.17) is 0 Å². The van der Waals surface area contributed by atoms with Gasteiger partial charge >= 0.3 is 0 Å². The second kappa shape index (κ2) is 5.96. The van der Waals surface area contributed by atoms with Crippen LogP contribution in [0, 0.1) is 0 Å². The summed E-state index contributed by atoms with van der Waals surface area (Å²) in [5, 5.41) is 0. The second-order valence-electron chi connectivity index (χ2n) is 5.76. The third kappa shape index (κ3) is 2.75. The maximum Gasteiger partial charge on any atom is 0.231 e. The van der Waals surface area contributed by atoms with E-state index in [1.165, 1.54) is 4.31 Å². The molecule has 1 aliphatic carbocycles. The van der Waals surface area contributed by atoms with E-state index in [1.54, 1.807) is 18.0 Å². The van der Waals surface area contributed by atoms with Gasteiger partial charge in [-0.15, -0.1) is 0 Å². The van der Waals surface area contributed by atoms with Crippen LogP contribution in [0.5, 0.6) is 0 Å². The minimum absolute atomic E-state index is 0.0889. The minimum Gasteiger partial charge on any atom is -0.339 e. The number of carbonyl (C=O) groups excluding carboxylic acids is 1. The number of aromatic nitrogens is 1. The highest BCUT2D eigenvalue weighted by Crippen LogP contribution is 2.32. The molecule has 7 heteroatoms. The summed E-state index contributed by atoms with van der Waals surface area (Å²) >= 11 is 0. The Hall–Kier alpha value is -1.47. The monoisotopic (exact) mass is 323 g/mol. The van der Waals surface area contributed by atoms with Gasteiger partial charge < -0.3 is 4.90 Å². The first-order valence-electron chi connectivity index (χ1n) is 7.73. The van der Waals surface area contributed by atoms with Crippen molar-refractivity contribution in [2.24, 2.45) is 0 Å². The zero-order valence-electron chi connectivity index (χ0n) is 12.7. The molecule has 1 aromatic heterocycles. The van der Waals surface area contributed by atoms with Crippen LogP contribution in [-0.4, -0.2) is 60.4 Å². The van der Waals surface area contributed by atoms with Crippen molar-refractivity contribution < 1.29 is 13.2 Å². The normalized spacial score (nSPS) is 22.6. The van der Waals surface area contributed by atoms with E-state index in [0.29, 0.717) is 26.2 Å². The Bertz CT molecular complexity index is 666. The molecule has 0 radical (unpaired) electrons. The van der Waals surface area contributed by atoms with Crippen LogP contribution in [0.1, 0.15) is 30.5 Å². The van der Waals surface area contributed by atoms with Gasteiger partial charge in [-0.2, -0.15) is 4.31 Å². The summed E-state index contributed by atoms with van der Waals surface area (Å²) in [5.41, 5.74) is 2.06. The van der Waals surface area contributed by atoms with Crippen LogP contribution in [0.2, 0.25) is 0 Å². The lowest BCUT2D eigenvalue weighted by atomic mass is 10.0. The Balaban J connectivity index is 1.66. The third-order valence-corrected chi connectivity index (χ3v) is 6.45. The lowest BCUT2D eigenvalue weighted by Gasteiger charge is -2.35. The molecule has 1 atom stereocenters. The summed E-state index contributed by atoms with van der Waals surface area (Å²) in [6, 6.07) is 3.93. The number of nitrogens with zero attached hydrogens (tertiary/aromatic N) is 3. The van der Waals surface area contributed by atoms with Crippen LogP contribution < -0.4 is 0 Å². The van der Waals surface area contributed by atoms with Crippen molar-refractivity contribution in [3.05, 3.63) is 29.6 Å². The van der Waals surface area contributed by atoms with E-state index < -0.39 is 10.0 Å². The van der Waals surface area contributed by atoms with Crippen molar-refractivity contribution >= 4 is 15.9 Å². The lowest BCUT2D eigenvalue weighted by Crippen LogP contribution is -2.51. The molecule has 0 N–H and O–H groups in total. The molecule has 2 heterocycles. The van der Waals surface area contributed by atoms with Crippen LogP contribution in [0.15, 0.2) is 18.3 Å². The first kappa shape index (κ1) is 15.4. The zero-order chi connectivity index (χ0) is 15.7. The van der Waals surface area contributed by atoms with E-state index in [0.717, 1.165) is 24.1 Å². The minimum atomic E-state index is -3.16. The van der Waals surface area contributed by atoms with Gasteiger partial charge in [0, 0.05) is 32.4 Å². The van der Waals surface area contributed by atoms with E-state index >= 15 is 0 Å². The van der Waals surface area contributed by atoms with Crippen LogP contribution in [-0.2, 0) is 21.2 Å². The number of amides is 1. The average molecular weight is 323 g/mol. The molecule has 3 rings (SSSR count). The van der Waals surface area contributed by atoms with Gasteiger partial charge in [-0.05, 0) is 31.4 Å². The summed E-state index contributed by atoms with van der Waals surface area (Å²) in [4.78, 5) is 18.9. The van der Waals surface area contributed by atoms with Crippen molar-refractivity contribution in [1.29, 1.82) is 0 Å². The van der Waals surface area contributed by atoms with Gasteiger partial charge in [0.1, 0.15) is 0 Å². The first-order chi connectivity index (χ1) is 10.5. The number of piperazine rings is 1. The summed E-state index contributed by atoms with van der Waals surface area (Å²) in [5.74, 6) is 0.0393. The molecule has 2 aliphatic rings. The Labute approximate surface area is 131 Å². The maximum absolute atomic E-state index is 12.7. The smallest absolute Gasteiger partial charge is 0.231 e. The van der Waals surface area contributed by atoms with Crippen LogP contribution in [0.4, 0.5) is 0 Å². The van der Waals surface area contributed by atoms with Gasteiger partial charge in [-0.3, -0.25) is 9.78 Å². The zero-order valence-corrected chi connectivity index (χ0v) is 13.6. The van der Waals surface area contributed by atoms with Gasteiger partial charge in [0.2, 0.25) is 15.9 Å². The molecule has 0 aromatic carbocycles. The maximum atomic E-state index is 12.7. The van der Waals surface area contributed by atoms with Gasteiger partial charge in [-0.1, -0.05) is 6.07 Å². The molecule has 6 nitrogen and oxygen atoms in total. The highest BCUT2D eigenvalue weighted by atomic mass is 32.2. The van der Waals surface area contributed by atoms with Crippen molar-refractivity contribution in [1.82, 2.24) is 14.2 Å². The third-order valence-electron chi connectivity index (χ3n) is 4.57. The summed E-state index contributed by atoms with van der Waals surface area (Å²) in [7, 11) is -3.16.